The molecule has 27 heavy (non-hydrogen) atoms. The van der Waals surface area contributed by atoms with Crippen LogP contribution in [0.2, 0.25) is 0 Å². The van der Waals surface area contributed by atoms with Crippen molar-refractivity contribution in [1.29, 1.82) is 0 Å². The summed E-state index contributed by atoms with van der Waals surface area (Å²) >= 11 is 0. The van der Waals surface area contributed by atoms with Gasteiger partial charge in [0.2, 0.25) is 5.91 Å². The van der Waals surface area contributed by atoms with E-state index in [-0.39, 0.29) is 11.8 Å². The normalized spacial score (nSPS) is 17.0. The number of furan rings is 1. The van der Waals surface area contributed by atoms with Gasteiger partial charge in [0.05, 0.1) is 5.92 Å². The summed E-state index contributed by atoms with van der Waals surface area (Å²) in [6.07, 6.45) is 3.11. The monoisotopic (exact) mass is 368 g/mol. The van der Waals surface area contributed by atoms with Crippen LogP contribution in [0.1, 0.15) is 54.8 Å². The minimum atomic E-state index is -0.0430. The minimum Gasteiger partial charge on any atom is -0.466 e. The lowest BCUT2D eigenvalue weighted by Gasteiger charge is -2.32. The number of hydrogen-bond donors (Lipinski definition) is 1. The number of rotatable bonds is 7. The number of carbonyl (C=O) groups excluding carboxylic acids is 1. The lowest BCUT2D eigenvalue weighted by molar-refractivity contribution is -0.122. The molecule has 3 rings (SSSR count). The Bertz CT molecular complexity index is 730. The maximum atomic E-state index is 12.6. The van der Waals surface area contributed by atoms with Crippen molar-refractivity contribution in [3.8, 4) is 0 Å². The van der Waals surface area contributed by atoms with E-state index in [1.165, 1.54) is 5.56 Å². The van der Waals surface area contributed by atoms with E-state index < -0.39 is 0 Å². The molecule has 0 aliphatic carbocycles. The van der Waals surface area contributed by atoms with Crippen LogP contribution in [0.3, 0.4) is 0 Å². The van der Waals surface area contributed by atoms with Crippen LogP contribution in [-0.4, -0.2) is 30.4 Å². The first-order valence-electron chi connectivity index (χ1n) is 10.2. The topological polar surface area (TPSA) is 45.5 Å². The molecule has 1 aliphatic rings. The zero-order chi connectivity index (χ0) is 19.2. The average Bonchev–Trinajstić information content (AvgIpc) is 2.99. The molecule has 1 aliphatic heterocycles. The summed E-state index contributed by atoms with van der Waals surface area (Å²) in [4.78, 5) is 15.1. The van der Waals surface area contributed by atoms with Gasteiger partial charge < -0.3 is 9.73 Å². The average molecular weight is 369 g/mol. The molecule has 0 bridgehead atoms. The molecule has 2 heterocycles. The first-order chi connectivity index (χ1) is 13.1. The Hall–Kier alpha value is -2.07. The molecule has 1 aromatic carbocycles. The second-order valence-electron chi connectivity index (χ2n) is 7.77. The summed E-state index contributed by atoms with van der Waals surface area (Å²) in [6, 6.07) is 12.2. The van der Waals surface area contributed by atoms with Crippen molar-refractivity contribution in [2.75, 3.05) is 19.6 Å². The number of aryl methyl sites for hydroxylation is 2. The number of nitrogens with one attached hydrogen (secondary N) is 1. The van der Waals surface area contributed by atoms with E-state index in [1.807, 2.05) is 44.2 Å². The highest BCUT2D eigenvalue weighted by Crippen LogP contribution is 2.23. The van der Waals surface area contributed by atoms with Crippen molar-refractivity contribution < 1.29 is 9.21 Å². The molecule has 0 saturated carbocycles. The highest BCUT2D eigenvalue weighted by Gasteiger charge is 2.23. The standard InChI is InChI=1S/C23H32N2O2/c1-4-22(20-8-6-5-7-9-20)23(26)24-15-19-10-12-25(13-11-19)16-21-14-17(2)27-18(21)3/h5-9,14,19,22H,4,10-13,15-16H2,1-3H3,(H,24,26). The number of piperidine rings is 1. The number of amides is 1. The van der Waals surface area contributed by atoms with E-state index in [2.05, 4.69) is 23.2 Å². The van der Waals surface area contributed by atoms with Gasteiger partial charge in [0.1, 0.15) is 11.5 Å². The summed E-state index contributed by atoms with van der Waals surface area (Å²) in [5.74, 6) is 2.72. The molecule has 2 aromatic rings. The Kier molecular flexibility index (Phi) is 6.73. The molecule has 0 radical (unpaired) electrons. The Morgan fingerprint density at radius 3 is 2.52 bits per heavy atom. The van der Waals surface area contributed by atoms with Crippen LogP contribution in [0.15, 0.2) is 40.8 Å². The third-order valence-electron chi connectivity index (χ3n) is 5.74. The summed E-state index contributed by atoms with van der Waals surface area (Å²) in [6.45, 7) is 10.1. The molecule has 1 aromatic heterocycles. The molecule has 1 fully saturated rings. The van der Waals surface area contributed by atoms with Gasteiger partial charge in [0.25, 0.3) is 0 Å². The Morgan fingerprint density at radius 2 is 1.93 bits per heavy atom. The van der Waals surface area contributed by atoms with Gasteiger partial charge in [-0.05, 0) is 63.7 Å². The summed E-state index contributed by atoms with van der Waals surface area (Å²) < 4.78 is 5.64. The first-order valence-corrected chi connectivity index (χ1v) is 10.2. The quantitative estimate of drug-likeness (QED) is 0.787. The van der Waals surface area contributed by atoms with Crippen molar-refractivity contribution in [3.05, 3.63) is 59.0 Å². The van der Waals surface area contributed by atoms with Crippen molar-refractivity contribution in [1.82, 2.24) is 10.2 Å². The Balaban J connectivity index is 1.44. The molecule has 1 saturated heterocycles. The highest BCUT2D eigenvalue weighted by molar-refractivity contribution is 5.83. The van der Waals surface area contributed by atoms with Crippen LogP contribution < -0.4 is 5.32 Å². The highest BCUT2D eigenvalue weighted by atomic mass is 16.3. The van der Waals surface area contributed by atoms with E-state index >= 15 is 0 Å². The van der Waals surface area contributed by atoms with Crippen molar-refractivity contribution >= 4 is 5.91 Å². The Morgan fingerprint density at radius 1 is 1.22 bits per heavy atom. The van der Waals surface area contributed by atoms with Crippen molar-refractivity contribution in [2.24, 2.45) is 5.92 Å². The molecule has 4 heteroatoms. The first kappa shape index (κ1) is 19.7. The number of benzene rings is 1. The smallest absolute Gasteiger partial charge is 0.227 e. The zero-order valence-corrected chi connectivity index (χ0v) is 16.8. The van der Waals surface area contributed by atoms with Crippen molar-refractivity contribution in [2.45, 2.75) is 52.5 Å². The largest absolute Gasteiger partial charge is 0.466 e. The molecule has 0 spiro atoms. The van der Waals surface area contributed by atoms with Gasteiger partial charge in [-0.1, -0.05) is 37.3 Å². The van der Waals surface area contributed by atoms with Gasteiger partial charge >= 0.3 is 0 Å². The van der Waals surface area contributed by atoms with Gasteiger partial charge in [-0.15, -0.1) is 0 Å². The molecule has 1 unspecified atom stereocenters. The fraction of sp³-hybridized carbons (Fsp3) is 0.522. The molecule has 1 amide bonds. The minimum absolute atomic E-state index is 0.0430. The SMILES string of the molecule is CCC(C(=O)NCC1CCN(Cc2cc(C)oc2C)CC1)c1ccccc1. The van der Waals surface area contributed by atoms with Crippen molar-refractivity contribution in [3.63, 3.8) is 0 Å². The van der Waals surface area contributed by atoms with E-state index in [4.69, 9.17) is 4.42 Å². The molecule has 4 nitrogen and oxygen atoms in total. The number of hydrogen-bond acceptors (Lipinski definition) is 3. The molecular weight excluding hydrogens is 336 g/mol. The fourth-order valence-corrected chi connectivity index (χ4v) is 4.06. The third kappa shape index (κ3) is 5.23. The van der Waals surface area contributed by atoms with Crippen LogP contribution in [0.4, 0.5) is 0 Å². The lowest BCUT2D eigenvalue weighted by Crippen LogP contribution is -2.39. The molecular formula is C23H32N2O2. The summed E-state index contributed by atoms with van der Waals surface area (Å²) in [7, 11) is 0. The maximum absolute atomic E-state index is 12.6. The van der Waals surface area contributed by atoms with E-state index in [0.717, 1.165) is 62.5 Å². The van der Waals surface area contributed by atoms with Gasteiger partial charge in [-0.2, -0.15) is 0 Å². The second-order valence-corrected chi connectivity index (χ2v) is 7.77. The fourth-order valence-electron chi connectivity index (χ4n) is 4.06. The van der Waals surface area contributed by atoms with Gasteiger partial charge in [-0.25, -0.2) is 0 Å². The predicted octanol–water partition coefficient (Wildman–Crippen LogP) is 4.42. The van der Waals surface area contributed by atoms with Crippen LogP contribution in [0, 0.1) is 19.8 Å². The van der Waals surface area contributed by atoms with E-state index in [0.29, 0.717) is 5.92 Å². The van der Waals surface area contributed by atoms with Crippen LogP contribution in [0.25, 0.3) is 0 Å². The zero-order valence-electron chi connectivity index (χ0n) is 16.8. The molecule has 1 N–H and O–H groups in total. The van der Waals surface area contributed by atoms with Gasteiger partial charge in [0.15, 0.2) is 0 Å². The third-order valence-corrected chi connectivity index (χ3v) is 5.74. The molecule has 146 valence electrons. The number of carbonyl (C=O) groups is 1. The Labute approximate surface area is 162 Å². The second kappa shape index (κ2) is 9.23. The van der Waals surface area contributed by atoms with E-state index in [9.17, 15) is 4.79 Å². The predicted molar refractivity (Wildman–Crippen MR) is 109 cm³/mol. The van der Waals surface area contributed by atoms with Gasteiger partial charge in [-0.3, -0.25) is 9.69 Å². The summed E-state index contributed by atoms with van der Waals surface area (Å²) in [5.41, 5.74) is 2.41. The molecule has 1 atom stereocenters. The maximum Gasteiger partial charge on any atom is 0.227 e. The number of likely N-dealkylation sites (tertiary alicyclic amines) is 1. The lowest BCUT2D eigenvalue weighted by atomic mass is 9.93. The van der Waals surface area contributed by atoms with E-state index in [1.54, 1.807) is 0 Å². The van der Waals surface area contributed by atoms with Crippen LogP contribution in [0.5, 0.6) is 0 Å². The van der Waals surface area contributed by atoms with Gasteiger partial charge in [0, 0.05) is 18.7 Å². The summed E-state index contributed by atoms with van der Waals surface area (Å²) in [5, 5.41) is 3.21. The number of nitrogens with zero attached hydrogens (tertiary/aromatic N) is 1. The van der Waals surface area contributed by atoms with Crippen LogP contribution in [-0.2, 0) is 11.3 Å². The van der Waals surface area contributed by atoms with Crippen LogP contribution >= 0.6 is 0 Å².